The normalized spacial score (nSPS) is 20.6. The third-order valence-electron chi connectivity index (χ3n) is 2.26. The number of hydrogen-bond donors (Lipinski definition) is 1. The van der Waals surface area contributed by atoms with E-state index in [4.69, 9.17) is 4.74 Å². The minimum Gasteiger partial charge on any atom is -0.483 e. The van der Waals surface area contributed by atoms with E-state index in [2.05, 4.69) is 5.32 Å². The van der Waals surface area contributed by atoms with Crippen LogP contribution in [0.2, 0.25) is 0 Å². The average molecular weight is 217 g/mol. The molecule has 1 unspecified atom stereocenters. The third kappa shape index (κ3) is 2.23. The Morgan fingerprint density at radius 1 is 1.20 bits per heavy atom. The van der Waals surface area contributed by atoms with Gasteiger partial charge in [-0.3, -0.25) is 0 Å². The van der Waals surface area contributed by atoms with E-state index in [1.54, 1.807) is 0 Å². The Hall–Kier alpha value is -1.23. The highest BCUT2D eigenvalue weighted by Crippen LogP contribution is 2.24. The van der Waals surface area contributed by atoms with Gasteiger partial charge in [0.1, 0.15) is 11.9 Å². The molecule has 0 bridgehead atoms. The van der Waals surface area contributed by atoms with Crippen molar-refractivity contribution < 1.29 is 17.9 Å². The Morgan fingerprint density at radius 3 is 2.40 bits per heavy atom. The number of ether oxygens (including phenoxy) is 1. The topological polar surface area (TPSA) is 21.3 Å². The van der Waals surface area contributed by atoms with Crippen molar-refractivity contribution in [3.63, 3.8) is 0 Å². The van der Waals surface area contributed by atoms with Gasteiger partial charge in [0, 0.05) is 18.7 Å². The van der Waals surface area contributed by atoms with Crippen LogP contribution in [0.1, 0.15) is 6.42 Å². The summed E-state index contributed by atoms with van der Waals surface area (Å²) in [5.74, 6) is -3.44. The molecule has 15 heavy (non-hydrogen) atoms. The van der Waals surface area contributed by atoms with E-state index < -0.39 is 23.2 Å². The van der Waals surface area contributed by atoms with Crippen LogP contribution in [0.4, 0.5) is 13.2 Å². The van der Waals surface area contributed by atoms with E-state index in [-0.39, 0.29) is 6.10 Å². The van der Waals surface area contributed by atoms with Crippen LogP contribution in [0, 0.1) is 17.5 Å². The summed E-state index contributed by atoms with van der Waals surface area (Å²) in [6, 6.07) is 1.22. The zero-order valence-electron chi connectivity index (χ0n) is 7.90. The van der Waals surface area contributed by atoms with Gasteiger partial charge in [0.05, 0.1) is 0 Å². The maximum atomic E-state index is 13.1. The summed E-state index contributed by atoms with van der Waals surface area (Å²) in [4.78, 5) is 0. The molecule has 0 radical (unpaired) electrons. The zero-order chi connectivity index (χ0) is 10.8. The average Bonchev–Trinajstić information content (AvgIpc) is 2.63. The van der Waals surface area contributed by atoms with E-state index in [0.29, 0.717) is 25.1 Å². The molecule has 0 aromatic heterocycles. The van der Waals surface area contributed by atoms with Crippen molar-refractivity contribution in [1.29, 1.82) is 0 Å². The van der Waals surface area contributed by atoms with Gasteiger partial charge < -0.3 is 10.1 Å². The van der Waals surface area contributed by atoms with Crippen LogP contribution in [-0.2, 0) is 0 Å². The molecule has 1 aromatic rings. The fraction of sp³-hybridized carbons (Fsp3) is 0.400. The summed E-state index contributed by atoms with van der Waals surface area (Å²) >= 11 is 0. The molecule has 1 aliphatic rings. The Bertz CT molecular complexity index is 341. The molecule has 1 aromatic carbocycles. The van der Waals surface area contributed by atoms with Gasteiger partial charge in [-0.1, -0.05) is 0 Å². The van der Waals surface area contributed by atoms with Gasteiger partial charge in [0.2, 0.25) is 0 Å². The maximum absolute atomic E-state index is 13.1. The van der Waals surface area contributed by atoms with Crippen molar-refractivity contribution >= 4 is 0 Å². The second-order valence-electron chi connectivity index (χ2n) is 3.43. The Morgan fingerprint density at radius 2 is 1.87 bits per heavy atom. The lowest BCUT2D eigenvalue weighted by molar-refractivity contribution is 0.202. The molecule has 0 amide bonds. The molecule has 1 atom stereocenters. The van der Waals surface area contributed by atoms with Crippen molar-refractivity contribution in [2.75, 3.05) is 13.1 Å². The van der Waals surface area contributed by atoms with Crippen molar-refractivity contribution in [2.24, 2.45) is 0 Å². The standard InChI is InChI=1S/C10H10F3NO/c11-6-3-8(12)10(9(13)4-6)15-7-1-2-14-5-7/h3-4,7,14H,1-2,5H2. The Kier molecular flexibility index (Phi) is 2.81. The van der Waals surface area contributed by atoms with Gasteiger partial charge in [-0.25, -0.2) is 13.2 Å². The van der Waals surface area contributed by atoms with Crippen LogP contribution in [0.25, 0.3) is 0 Å². The number of nitrogens with one attached hydrogen (secondary N) is 1. The number of hydrogen-bond acceptors (Lipinski definition) is 2. The van der Waals surface area contributed by atoms with Crippen LogP contribution in [-0.4, -0.2) is 19.2 Å². The second-order valence-corrected chi connectivity index (χ2v) is 3.43. The van der Waals surface area contributed by atoms with Crippen LogP contribution < -0.4 is 10.1 Å². The first-order valence-corrected chi connectivity index (χ1v) is 4.69. The van der Waals surface area contributed by atoms with Crippen LogP contribution >= 0.6 is 0 Å². The van der Waals surface area contributed by atoms with Crippen molar-refractivity contribution in [3.8, 4) is 5.75 Å². The van der Waals surface area contributed by atoms with Gasteiger partial charge in [-0.2, -0.15) is 0 Å². The molecule has 0 saturated carbocycles. The molecule has 82 valence electrons. The molecule has 1 aliphatic heterocycles. The lowest BCUT2D eigenvalue weighted by Crippen LogP contribution is -2.20. The summed E-state index contributed by atoms with van der Waals surface area (Å²) in [7, 11) is 0. The third-order valence-corrected chi connectivity index (χ3v) is 2.26. The van der Waals surface area contributed by atoms with E-state index in [9.17, 15) is 13.2 Å². The molecule has 2 nitrogen and oxygen atoms in total. The predicted octanol–water partition coefficient (Wildman–Crippen LogP) is 1.84. The van der Waals surface area contributed by atoms with Crippen LogP contribution in [0.5, 0.6) is 5.75 Å². The van der Waals surface area contributed by atoms with Gasteiger partial charge in [0.15, 0.2) is 17.4 Å². The van der Waals surface area contributed by atoms with Crippen LogP contribution in [0.15, 0.2) is 12.1 Å². The second kappa shape index (κ2) is 4.10. The molecule has 1 saturated heterocycles. The zero-order valence-corrected chi connectivity index (χ0v) is 7.90. The lowest BCUT2D eigenvalue weighted by atomic mass is 10.3. The first kappa shape index (κ1) is 10.3. The number of rotatable bonds is 2. The molecule has 1 N–H and O–H groups in total. The molecule has 0 aliphatic carbocycles. The van der Waals surface area contributed by atoms with Gasteiger partial charge in [0.25, 0.3) is 0 Å². The van der Waals surface area contributed by atoms with E-state index in [1.807, 2.05) is 0 Å². The lowest BCUT2D eigenvalue weighted by Gasteiger charge is -2.13. The highest BCUT2D eigenvalue weighted by molar-refractivity contribution is 5.27. The van der Waals surface area contributed by atoms with Gasteiger partial charge in [-0.15, -0.1) is 0 Å². The summed E-state index contributed by atoms with van der Waals surface area (Å²) in [6.07, 6.45) is 0.440. The summed E-state index contributed by atoms with van der Waals surface area (Å²) in [6.45, 7) is 1.31. The highest BCUT2D eigenvalue weighted by Gasteiger charge is 2.20. The Balaban J connectivity index is 2.19. The van der Waals surface area contributed by atoms with E-state index >= 15 is 0 Å². The van der Waals surface area contributed by atoms with Crippen molar-refractivity contribution in [3.05, 3.63) is 29.6 Å². The summed E-state index contributed by atoms with van der Waals surface area (Å²) in [5, 5.41) is 3.00. The molecule has 2 rings (SSSR count). The number of benzene rings is 1. The fourth-order valence-electron chi connectivity index (χ4n) is 1.54. The largest absolute Gasteiger partial charge is 0.483 e. The molecule has 5 heteroatoms. The maximum Gasteiger partial charge on any atom is 0.191 e. The first-order chi connectivity index (χ1) is 7.16. The smallest absolute Gasteiger partial charge is 0.191 e. The molecule has 1 fully saturated rings. The molecular weight excluding hydrogens is 207 g/mol. The highest BCUT2D eigenvalue weighted by atomic mass is 19.1. The predicted molar refractivity (Wildman–Crippen MR) is 48.2 cm³/mol. The summed E-state index contributed by atoms with van der Waals surface area (Å²) < 4.78 is 44.0. The molecular formula is C10H10F3NO. The summed E-state index contributed by atoms with van der Waals surface area (Å²) in [5.41, 5.74) is 0. The molecule has 0 spiro atoms. The van der Waals surface area contributed by atoms with E-state index in [1.165, 1.54) is 0 Å². The van der Waals surface area contributed by atoms with Crippen molar-refractivity contribution in [2.45, 2.75) is 12.5 Å². The van der Waals surface area contributed by atoms with Gasteiger partial charge >= 0.3 is 0 Å². The Labute approximate surface area is 85.0 Å². The quantitative estimate of drug-likeness (QED) is 0.816. The van der Waals surface area contributed by atoms with Crippen molar-refractivity contribution in [1.82, 2.24) is 5.32 Å². The first-order valence-electron chi connectivity index (χ1n) is 4.69. The van der Waals surface area contributed by atoms with Crippen LogP contribution in [0.3, 0.4) is 0 Å². The monoisotopic (exact) mass is 217 g/mol. The van der Waals surface area contributed by atoms with E-state index in [0.717, 1.165) is 6.54 Å². The fourth-order valence-corrected chi connectivity index (χ4v) is 1.54. The minimum atomic E-state index is -1.00. The molecule has 1 heterocycles. The SMILES string of the molecule is Fc1cc(F)c(OC2CCNC2)c(F)c1. The number of halogens is 3. The van der Waals surface area contributed by atoms with Gasteiger partial charge in [-0.05, 0) is 13.0 Å². The minimum absolute atomic E-state index is 0.250.